The SMILES string of the molecule is CC/C(=C(/c1ccc(N)cc1)c1ccc(O)cc1)C1C=CC=C1. The lowest BCUT2D eigenvalue weighted by atomic mass is 9.85. The minimum Gasteiger partial charge on any atom is -0.508 e. The van der Waals surface area contributed by atoms with Gasteiger partial charge in [0.05, 0.1) is 0 Å². The highest BCUT2D eigenvalue weighted by Gasteiger charge is 2.17. The molecule has 0 heterocycles. The highest BCUT2D eigenvalue weighted by molar-refractivity contribution is 5.83. The second kappa shape index (κ2) is 6.57. The number of phenolic OH excluding ortho intramolecular Hbond substituents is 1. The Morgan fingerprint density at radius 2 is 1.43 bits per heavy atom. The van der Waals surface area contributed by atoms with Gasteiger partial charge in [0.15, 0.2) is 0 Å². The lowest BCUT2D eigenvalue weighted by Gasteiger charge is -2.19. The quantitative estimate of drug-likeness (QED) is 0.787. The summed E-state index contributed by atoms with van der Waals surface area (Å²) in [4.78, 5) is 0. The highest BCUT2D eigenvalue weighted by atomic mass is 16.3. The van der Waals surface area contributed by atoms with E-state index in [1.54, 1.807) is 12.1 Å². The van der Waals surface area contributed by atoms with Crippen LogP contribution in [0.25, 0.3) is 5.57 Å². The van der Waals surface area contributed by atoms with Gasteiger partial charge in [-0.25, -0.2) is 0 Å². The lowest BCUT2D eigenvalue weighted by molar-refractivity contribution is 0.475. The van der Waals surface area contributed by atoms with Gasteiger partial charge in [-0.2, -0.15) is 0 Å². The van der Waals surface area contributed by atoms with Crippen LogP contribution in [0.4, 0.5) is 5.69 Å². The van der Waals surface area contributed by atoms with Crippen LogP contribution < -0.4 is 5.73 Å². The van der Waals surface area contributed by atoms with Crippen molar-refractivity contribution in [2.75, 3.05) is 5.73 Å². The fourth-order valence-corrected chi connectivity index (χ4v) is 3.06. The van der Waals surface area contributed by atoms with Gasteiger partial charge in [0.25, 0.3) is 0 Å². The number of nitrogens with two attached hydrogens (primary N) is 1. The second-order valence-corrected chi connectivity index (χ2v) is 5.72. The molecule has 1 aliphatic rings. The molecule has 0 radical (unpaired) electrons. The Hall–Kier alpha value is -2.74. The molecular weight excluding hydrogens is 282 g/mol. The molecule has 23 heavy (non-hydrogen) atoms. The lowest BCUT2D eigenvalue weighted by Crippen LogP contribution is -2.02. The Kier molecular flexibility index (Phi) is 4.33. The second-order valence-electron chi connectivity index (χ2n) is 5.72. The van der Waals surface area contributed by atoms with E-state index in [-0.39, 0.29) is 5.75 Å². The summed E-state index contributed by atoms with van der Waals surface area (Å²) in [5.41, 5.74) is 11.4. The molecule has 0 spiro atoms. The van der Waals surface area contributed by atoms with Gasteiger partial charge in [0.1, 0.15) is 5.75 Å². The number of phenols is 1. The maximum atomic E-state index is 9.60. The first kappa shape index (κ1) is 15.2. The predicted octanol–water partition coefficient (Wildman–Crippen LogP) is 4.93. The van der Waals surface area contributed by atoms with E-state index in [1.807, 2.05) is 24.3 Å². The molecule has 3 rings (SSSR count). The average Bonchev–Trinajstić information content (AvgIpc) is 3.09. The third-order valence-corrected chi connectivity index (χ3v) is 4.21. The summed E-state index contributed by atoms with van der Waals surface area (Å²) in [5.74, 6) is 0.602. The van der Waals surface area contributed by atoms with Gasteiger partial charge in [0, 0.05) is 11.6 Å². The van der Waals surface area contributed by atoms with Gasteiger partial charge in [-0.05, 0) is 47.4 Å². The van der Waals surface area contributed by atoms with E-state index in [0.717, 1.165) is 23.2 Å². The molecule has 2 heteroatoms. The normalized spacial score (nSPS) is 15.0. The first-order valence-corrected chi connectivity index (χ1v) is 7.92. The van der Waals surface area contributed by atoms with E-state index in [0.29, 0.717) is 5.92 Å². The van der Waals surface area contributed by atoms with E-state index in [9.17, 15) is 5.11 Å². The number of hydrogen-bond donors (Lipinski definition) is 2. The zero-order chi connectivity index (χ0) is 16.2. The third-order valence-electron chi connectivity index (χ3n) is 4.21. The molecule has 3 N–H and O–H groups in total. The van der Waals surface area contributed by atoms with Gasteiger partial charge in [-0.1, -0.05) is 61.1 Å². The molecule has 2 aromatic carbocycles. The van der Waals surface area contributed by atoms with Crippen molar-refractivity contribution in [2.45, 2.75) is 13.3 Å². The largest absolute Gasteiger partial charge is 0.508 e. The summed E-state index contributed by atoms with van der Waals surface area (Å²) in [6.07, 6.45) is 9.59. The topological polar surface area (TPSA) is 46.2 Å². The molecule has 0 amide bonds. The van der Waals surface area contributed by atoms with Gasteiger partial charge in [-0.3, -0.25) is 0 Å². The van der Waals surface area contributed by atoms with Crippen molar-refractivity contribution in [3.8, 4) is 5.75 Å². The number of aromatic hydroxyl groups is 1. The van der Waals surface area contributed by atoms with Crippen LogP contribution in [0.15, 0.2) is 78.4 Å². The Morgan fingerprint density at radius 3 is 1.96 bits per heavy atom. The van der Waals surface area contributed by atoms with Crippen LogP contribution in [0.2, 0.25) is 0 Å². The molecule has 1 aliphatic carbocycles. The van der Waals surface area contributed by atoms with Crippen molar-refractivity contribution in [3.05, 3.63) is 89.5 Å². The van der Waals surface area contributed by atoms with Gasteiger partial charge in [-0.15, -0.1) is 0 Å². The number of hydrogen-bond acceptors (Lipinski definition) is 2. The average molecular weight is 303 g/mol. The Morgan fingerprint density at radius 1 is 0.913 bits per heavy atom. The molecule has 116 valence electrons. The summed E-state index contributed by atoms with van der Waals surface area (Å²) in [7, 11) is 0. The van der Waals surface area contributed by atoms with Crippen LogP contribution in [0.1, 0.15) is 24.5 Å². The molecule has 0 unspecified atom stereocenters. The molecule has 0 saturated heterocycles. The monoisotopic (exact) mass is 303 g/mol. The van der Waals surface area contributed by atoms with Crippen LogP contribution in [0, 0.1) is 5.92 Å². The first-order chi connectivity index (χ1) is 11.2. The van der Waals surface area contributed by atoms with Gasteiger partial charge >= 0.3 is 0 Å². The molecule has 0 aliphatic heterocycles. The number of rotatable bonds is 4. The third kappa shape index (κ3) is 3.21. The fraction of sp³-hybridized carbons (Fsp3) is 0.143. The van der Waals surface area contributed by atoms with Crippen molar-refractivity contribution in [1.82, 2.24) is 0 Å². The van der Waals surface area contributed by atoms with Gasteiger partial charge < -0.3 is 10.8 Å². The van der Waals surface area contributed by atoms with Crippen LogP contribution in [-0.4, -0.2) is 5.11 Å². The molecule has 0 aromatic heterocycles. The van der Waals surface area contributed by atoms with Crippen molar-refractivity contribution < 1.29 is 5.11 Å². The first-order valence-electron chi connectivity index (χ1n) is 7.92. The maximum absolute atomic E-state index is 9.60. The van der Waals surface area contributed by atoms with E-state index in [4.69, 9.17) is 5.73 Å². The van der Waals surface area contributed by atoms with Crippen LogP contribution in [-0.2, 0) is 0 Å². The molecular formula is C21H21NO. The number of benzene rings is 2. The summed E-state index contributed by atoms with van der Waals surface area (Å²) in [6.45, 7) is 2.19. The molecule has 0 fully saturated rings. The Labute approximate surface area is 137 Å². The molecule has 2 aromatic rings. The van der Waals surface area contributed by atoms with E-state index in [1.165, 1.54) is 11.1 Å². The smallest absolute Gasteiger partial charge is 0.115 e. The summed E-state index contributed by atoms with van der Waals surface area (Å²) >= 11 is 0. The minimum atomic E-state index is 0.282. The number of allylic oxidation sites excluding steroid dienone is 5. The van der Waals surface area contributed by atoms with Crippen molar-refractivity contribution in [3.63, 3.8) is 0 Å². The molecule has 0 bridgehead atoms. The Balaban J connectivity index is 2.19. The zero-order valence-electron chi connectivity index (χ0n) is 13.2. The molecule has 0 saturated carbocycles. The number of nitrogen functional groups attached to an aromatic ring is 1. The van der Waals surface area contributed by atoms with E-state index in [2.05, 4.69) is 43.4 Å². The predicted molar refractivity (Wildman–Crippen MR) is 97.0 cm³/mol. The number of anilines is 1. The summed E-state index contributed by atoms with van der Waals surface area (Å²) < 4.78 is 0. The van der Waals surface area contributed by atoms with Crippen molar-refractivity contribution in [1.29, 1.82) is 0 Å². The summed E-state index contributed by atoms with van der Waals surface area (Å²) in [6, 6.07) is 15.4. The van der Waals surface area contributed by atoms with Crippen LogP contribution >= 0.6 is 0 Å². The van der Waals surface area contributed by atoms with Crippen LogP contribution in [0.3, 0.4) is 0 Å². The van der Waals surface area contributed by atoms with Crippen molar-refractivity contribution >= 4 is 11.3 Å². The van der Waals surface area contributed by atoms with Crippen LogP contribution in [0.5, 0.6) is 5.75 Å². The zero-order valence-corrected chi connectivity index (χ0v) is 13.2. The van der Waals surface area contributed by atoms with Gasteiger partial charge in [0.2, 0.25) is 0 Å². The minimum absolute atomic E-state index is 0.282. The van der Waals surface area contributed by atoms with Crippen molar-refractivity contribution in [2.24, 2.45) is 5.92 Å². The summed E-state index contributed by atoms with van der Waals surface area (Å²) in [5, 5.41) is 9.60. The Bertz CT molecular complexity index is 705. The molecule has 0 atom stereocenters. The van der Waals surface area contributed by atoms with E-state index >= 15 is 0 Å². The maximum Gasteiger partial charge on any atom is 0.115 e. The highest BCUT2D eigenvalue weighted by Crippen LogP contribution is 2.35. The standard InChI is InChI=1S/C21H21NO/c1-2-20(15-5-3-4-6-15)21(16-7-11-18(22)12-8-16)17-9-13-19(23)14-10-17/h3-15,23H,2,22H2,1H3/b21-20+. The van der Waals surface area contributed by atoms with E-state index < -0.39 is 0 Å². The molecule has 2 nitrogen and oxygen atoms in total. The fourth-order valence-electron chi connectivity index (χ4n) is 3.06.